The van der Waals surface area contributed by atoms with Crippen molar-refractivity contribution < 1.29 is 9.53 Å². The predicted molar refractivity (Wildman–Crippen MR) is 114 cm³/mol. The number of urea groups is 1. The number of rotatable bonds is 5. The summed E-state index contributed by atoms with van der Waals surface area (Å²) in [6.45, 7) is 0. The summed E-state index contributed by atoms with van der Waals surface area (Å²) in [6, 6.07) is 18.6. The summed E-state index contributed by atoms with van der Waals surface area (Å²) in [6.07, 6.45) is 3.49. The highest BCUT2D eigenvalue weighted by atomic mass is 16.5. The van der Waals surface area contributed by atoms with Gasteiger partial charge in [-0.25, -0.2) is 4.79 Å². The molecule has 150 valence electrons. The summed E-state index contributed by atoms with van der Waals surface area (Å²) in [5.41, 5.74) is 7.25. The Bertz CT molecular complexity index is 1260. The van der Waals surface area contributed by atoms with E-state index >= 15 is 0 Å². The lowest BCUT2D eigenvalue weighted by atomic mass is 10.1. The number of benzene rings is 2. The molecule has 2 heterocycles. The zero-order chi connectivity index (χ0) is 21.1. The monoisotopic (exact) mass is 401 g/mol. The van der Waals surface area contributed by atoms with Gasteiger partial charge in [0, 0.05) is 31.2 Å². The number of anilines is 1. The van der Waals surface area contributed by atoms with Crippen molar-refractivity contribution in [3.63, 3.8) is 0 Å². The average molecular weight is 401 g/mol. The van der Waals surface area contributed by atoms with Crippen molar-refractivity contribution in [1.82, 2.24) is 14.3 Å². The molecule has 2 aromatic heterocycles. The standard InChI is InChI=1S/C22H19N5O3/c1-26-11-10-19(25-26)18-14-27(16-7-5-6-15(12-16)24-22(23)29)21(28)13-20(18)30-17-8-3-2-4-9-17/h2-14H,1H3,(H3,23,24,29). The van der Waals surface area contributed by atoms with Crippen molar-refractivity contribution >= 4 is 11.7 Å². The third kappa shape index (κ3) is 4.07. The molecule has 0 aliphatic carbocycles. The van der Waals surface area contributed by atoms with E-state index in [-0.39, 0.29) is 5.56 Å². The van der Waals surface area contributed by atoms with Crippen molar-refractivity contribution in [3.05, 3.63) is 89.5 Å². The number of para-hydroxylation sites is 1. The van der Waals surface area contributed by atoms with Gasteiger partial charge in [0.25, 0.3) is 5.56 Å². The average Bonchev–Trinajstić information content (AvgIpc) is 3.15. The largest absolute Gasteiger partial charge is 0.456 e. The lowest BCUT2D eigenvalue weighted by molar-refractivity contribution is 0.259. The van der Waals surface area contributed by atoms with Crippen molar-refractivity contribution in [1.29, 1.82) is 0 Å². The first-order chi connectivity index (χ1) is 14.5. The smallest absolute Gasteiger partial charge is 0.316 e. The number of ether oxygens (including phenoxy) is 1. The first-order valence-corrected chi connectivity index (χ1v) is 9.16. The number of aromatic nitrogens is 3. The summed E-state index contributed by atoms with van der Waals surface area (Å²) in [7, 11) is 1.82. The molecule has 0 saturated carbocycles. The van der Waals surface area contributed by atoms with E-state index in [4.69, 9.17) is 10.5 Å². The van der Waals surface area contributed by atoms with E-state index < -0.39 is 6.03 Å². The molecule has 0 saturated heterocycles. The molecule has 8 nitrogen and oxygen atoms in total. The zero-order valence-electron chi connectivity index (χ0n) is 16.1. The molecule has 0 bridgehead atoms. The van der Waals surface area contributed by atoms with Crippen LogP contribution in [0.2, 0.25) is 0 Å². The second-order valence-electron chi connectivity index (χ2n) is 6.59. The highest BCUT2D eigenvalue weighted by Crippen LogP contribution is 2.31. The molecule has 30 heavy (non-hydrogen) atoms. The summed E-state index contributed by atoms with van der Waals surface area (Å²) >= 11 is 0. The summed E-state index contributed by atoms with van der Waals surface area (Å²) in [5.74, 6) is 1.01. The Balaban J connectivity index is 1.83. The van der Waals surface area contributed by atoms with Crippen LogP contribution in [0.5, 0.6) is 11.5 Å². The Morgan fingerprint density at radius 1 is 1.07 bits per heavy atom. The van der Waals surface area contributed by atoms with Crippen LogP contribution in [-0.4, -0.2) is 20.4 Å². The van der Waals surface area contributed by atoms with Crippen LogP contribution in [-0.2, 0) is 7.05 Å². The van der Waals surface area contributed by atoms with E-state index in [0.29, 0.717) is 34.1 Å². The van der Waals surface area contributed by atoms with Crippen molar-refractivity contribution in [2.75, 3.05) is 5.32 Å². The summed E-state index contributed by atoms with van der Waals surface area (Å²) < 4.78 is 9.13. The van der Waals surface area contributed by atoms with E-state index in [1.807, 2.05) is 49.6 Å². The highest BCUT2D eigenvalue weighted by Gasteiger charge is 2.15. The second kappa shape index (κ2) is 7.96. The van der Waals surface area contributed by atoms with Gasteiger partial charge in [-0.1, -0.05) is 24.3 Å². The van der Waals surface area contributed by atoms with Crippen LogP contribution in [0, 0.1) is 0 Å². The molecule has 2 aromatic carbocycles. The quantitative estimate of drug-likeness (QED) is 0.534. The molecule has 3 N–H and O–H groups in total. The van der Waals surface area contributed by atoms with Crippen LogP contribution < -0.4 is 21.3 Å². The summed E-state index contributed by atoms with van der Waals surface area (Å²) in [4.78, 5) is 24.1. The third-order valence-corrected chi connectivity index (χ3v) is 4.37. The lowest BCUT2D eigenvalue weighted by Gasteiger charge is -2.14. The molecule has 2 amide bonds. The van der Waals surface area contributed by atoms with E-state index in [9.17, 15) is 9.59 Å². The van der Waals surface area contributed by atoms with Gasteiger partial charge in [0.15, 0.2) is 0 Å². The van der Waals surface area contributed by atoms with E-state index in [1.165, 1.54) is 10.6 Å². The van der Waals surface area contributed by atoms with Crippen molar-refractivity contribution in [2.45, 2.75) is 0 Å². The number of amides is 2. The molecule has 0 radical (unpaired) electrons. The van der Waals surface area contributed by atoms with Crippen LogP contribution in [0.25, 0.3) is 16.9 Å². The Labute approximate surface area is 172 Å². The SMILES string of the molecule is Cn1ccc(-c2cn(-c3cccc(NC(N)=O)c3)c(=O)cc2Oc2ccccc2)n1. The Kier molecular flexibility index (Phi) is 5.04. The van der Waals surface area contributed by atoms with E-state index in [2.05, 4.69) is 10.4 Å². The number of nitrogens with one attached hydrogen (secondary N) is 1. The molecule has 0 unspecified atom stereocenters. The van der Waals surface area contributed by atoms with Gasteiger partial charge in [0.2, 0.25) is 0 Å². The minimum absolute atomic E-state index is 0.295. The minimum Gasteiger partial charge on any atom is -0.456 e. The van der Waals surface area contributed by atoms with Gasteiger partial charge in [-0.3, -0.25) is 14.0 Å². The number of aryl methyl sites for hydroxylation is 1. The second-order valence-corrected chi connectivity index (χ2v) is 6.59. The normalized spacial score (nSPS) is 10.6. The Morgan fingerprint density at radius 3 is 2.57 bits per heavy atom. The highest BCUT2D eigenvalue weighted by molar-refractivity contribution is 5.88. The molecule has 4 aromatic rings. The Morgan fingerprint density at radius 2 is 1.87 bits per heavy atom. The molecule has 0 spiro atoms. The van der Waals surface area contributed by atoms with Crippen LogP contribution in [0.1, 0.15) is 0 Å². The van der Waals surface area contributed by atoms with Crippen LogP contribution >= 0.6 is 0 Å². The number of carbonyl (C=O) groups is 1. The Hall–Kier alpha value is -4.33. The lowest BCUT2D eigenvalue weighted by Crippen LogP contribution is -2.20. The number of pyridine rings is 1. The number of hydrogen-bond donors (Lipinski definition) is 2. The molecular formula is C22H19N5O3. The fourth-order valence-electron chi connectivity index (χ4n) is 3.04. The maximum absolute atomic E-state index is 12.9. The first kappa shape index (κ1) is 19.0. The van der Waals surface area contributed by atoms with E-state index in [0.717, 1.165) is 0 Å². The minimum atomic E-state index is -0.680. The van der Waals surface area contributed by atoms with Gasteiger partial charge in [0.05, 0.1) is 16.9 Å². The maximum atomic E-state index is 12.9. The van der Waals surface area contributed by atoms with Crippen molar-refractivity contribution in [3.8, 4) is 28.4 Å². The van der Waals surface area contributed by atoms with Gasteiger partial charge in [0.1, 0.15) is 11.5 Å². The molecule has 0 aliphatic rings. The number of nitrogens with two attached hydrogens (primary N) is 1. The third-order valence-electron chi connectivity index (χ3n) is 4.37. The fraction of sp³-hybridized carbons (Fsp3) is 0.0455. The van der Waals surface area contributed by atoms with Crippen LogP contribution in [0.4, 0.5) is 10.5 Å². The zero-order valence-corrected chi connectivity index (χ0v) is 16.1. The van der Waals surface area contributed by atoms with Crippen molar-refractivity contribution in [2.24, 2.45) is 12.8 Å². The van der Waals surface area contributed by atoms with Crippen LogP contribution in [0.15, 0.2) is 83.9 Å². The molecular weight excluding hydrogens is 382 g/mol. The number of primary amides is 1. The fourth-order valence-corrected chi connectivity index (χ4v) is 3.04. The maximum Gasteiger partial charge on any atom is 0.316 e. The molecule has 8 heteroatoms. The number of nitrogens with zero attached hydrogens (tertiary/aromatic N) is 3. The number of carbonyl (C=O) groups excluding carboxylic acids is 1. The first-order valence-electron chi connectivity index (χ1n) is 9.16. The summed E-state index contributed by atoms with van der Waals surface area (Å²) in [5, 5.41) is 6.96. The van der Waals surface area contributed by atoms with Gasteiger partial charge in [-0.05, 0) is 36.4 Å². The van der Waals surface area contributed by atoms with Gasteiger partial charge in [-0.15, -0.1) is 0 Å². The molecule has 0 aliphatic heterocycles. The van der Waals surface area contributed by atoms with Gasteiger partial charge < -0.3 is 15.8 Å². The van der Waals surface area contributed by atoms with E-state index in [1.54, 1.807) is 35.1 Å². The molecule has 0 atom stereocenters. The topological polar surface area (TPSA) is 104 Å². The molecule has 0 fully saturated rings. The van der Waals surface area contributed by atoms with Gasteiger partial charge in [-0.2, -0.15) is 5.10 Å². The van der Waals surface area contributed by atoms with Gasteiger partial charge >= 0.3 is 6.03 Å². The predicted octanol–water partition coefficient (Wildman–Crippen LogP) is 3.52. The number of hydrogen-bond acceptors (Lipinski definition) is 4. The van der Waals surface area contributed by atoms with Crippen LogP contribution in [0.3, 0.4) is 0 Å². The molecule has 4 rings (SSSR count).